The molecule has 1 N–H and O–H groups in total. The molecular formula is C14H14ClNO2. The third-order valence-corrected chi connectivity index (χ3v) is 4.25. The number of benzene rings is 1. The first-order chi connectivity index (χ1) is 8.58. The Hall–Kier alpha value is -1.48. The molecule has 0 saturated carbocycles. The van der Waals surface area contributed by atoms with Gasteiger partial charge in [-0.15, -0.1) is 0 Å². The normalized spacial score (nSPS) is 21.9. The van der Waals surface area contributed by atoms with Crippen molar-refractivity contribution in [3.63, 3.8) is 0 Å². The smallest absolute Gasteiger partial charge is 0.407 e. The number of amides is 1. The van der Waals surface area contributed by atoms with E-state index in [-0.39, 0.29) is 5.92 Å². The Kier molecular flexibility index (Phi) is 2.59. The number of fused-ring (bicyclic) bond motifs is 3. The Bertz CT molecular complexity index is 565. The van der Waals surface area contributed by atoms with E-state index in [1.807, 2.05) is 18.2 Å². The van der Waals surface area contributed by atoms with E-state index in [1.54, 1.807) is 0 Å². The molecular weight excluding hydrogens is 250 g/mol. The number of halogens is 1. The molecule has 1 aliphatic heterocycles. The maximum absolute atomic E-state index is 11.1. The zero-order chi connectivity index (χ0) is 12.9. The van der Waals surface area contributed by atoms with Crippen LogP contribution in [-0.4, -0.2) is 29.2 Å². The van der Waals surface area contributed by atoms with Crippen LogP contribution < -0.4 is 0 Å². The van der Waals surface area contributed by atoms with Crippen LogP contribution >= 0.6 is 11.6 Å². The van der Waals surface area contributed by atoms with E-state index in [9.17, 15) is 4.79 Å². The fraction of sp³-hybridized carbons (Fsp3) is 0.357. The number of rotatable bonds is 0. The number of piperidine rings is 1. The van der Waals surface area contributed by atoms with Crippen molar-refractivity contribution in [3.8, 4) is 0 Å². The van der Waals surface area contributed by atoms with Gasteiger partial charge in [-0.3, -0.25) is 0 Å². The zero-order valence-electron chi connectivity index (χ0n) is 10.1. The molecule has 1 amide bonds. The van der Waals surface area contributed by atoms with Gasteiger partial charge in [-0.1, -0.05) is 23.2 Å². The maximum atomic E-state index is 11.1. The molecule has 1 aliphatic carbocycles. The summed E-state index contributed by atoms with van der Waals surface area (Å²) in [7, 11) is 0. The Morgan fingerprint density at radius 3 is 3.00 bits per heavy atom. The second kappa shape index (κ2) is 4.02. The Morgan fingerprint density at radius 1 is 1.50 bits per heavy atom. The van der Waals surface area contributed by atoms with Gasteiger partial charge in [0.05, 0.1) is 0 Å². The molecule has 2 aliphatic rings. The monoisotopic (exact) mass is 263 g/mol. The van der Waals surface area contributed by atoms with Gasteiger partial charge in [0.15, 0.2) is 0 Å². The van der Waals surface area contributed by atoms with E-state index >= 15 is 0 Å². The topological polar surface area (TPSA) is 40.5 Å². The molecule has 4 heteroatoms. The van der Waals surface area contributed by atoms with Crippen molar-refractivity contribution < 1.29 is 9.90 Å². The van der Waals surface area contributed by atoms with Crippen molar-refractivity contribution in [3.05, 3.63) is 39.9 Å². The van der Waals surface area contributed by atoms with E-state index in [0.29, 0.717) is 13.1 Å². The van der Waals surface area contributed by atoms with Crippen LogP contribution in [0.25, 0.3) is 5.57 Å². The van der Waals surface area contributed by atoms with Crippen LogP contribution in [0.4, 0.5) is 4.79 Å². The molecule has 1 fully saturated rings. The lowest BCUT2D eigenvalue weighted by Crippen LogP contribution is -2.38. The average molecular weight is 264 g/mol. The third kappa shape index (κ3) is 1.62. The summed E-state index contributed by atoms with van der Waals surface area (Å²) in [6.07, 6.45) is -0.00284. The summed E-state index contributed by atoms with van der Waals surface area (Å²) in [6, 6.07) is 5.92. The highest BCUT2D eigenvalue weighted by atomic mass is 35.5. The molecule has 3 nitrogen and oxygen atoms in total. The largest absolute Gasteiger partial charge is 0.465 e. The van der Waals surface area contributed by atoms with E-state index < -0.39 is 6.09 Å². The molecule has 0 spiro atoms. The highest BCUT2D eigenvalue weighted by Crippen LogP contribution is 2.46. The van der Waals surface area contributed by atoms with Crippen molar-refractivity contribution in [2.24, 2.45) is 0 Å². The standard InChI is InChI=1S/C14H14ClNO2/c1-8-10-3-2-9(15)6-12(10)13-7-16(14(17)18)5-4-11(8)13/h2-3,6,13H,4-5,7H2,1H3,(H,17,18). The molecule has 18 heavy (non-hydrogen) atoms. The van der Waals surface area contributed by atoms with Gasteiger partial charge in [-0.25, -0.2) is 4.79 Å². The molecule has 1 unspecified atom stereocenters. The van der Waals surface area contributed by atoms with Crippen LogP contribution in [0.5, 0.6) is 0 Å². The second-order valence-electron chi connectivity index (χ2n) is 4.91. The van der Waals surface area contributed by atoms with Crippen LogP contribution in [0.15, 0.2) is 23.8 Å². The fourth-order valence-corrected chi connectivity index (χ4v) is 3.28. The predicted octanol–water partition coefficient (Wildman–Crippen LogP) is 3.59. The Morgan fingerprint density at radius 2 is 2.28 bits per heavy atom. The molecule has 0 radical (unpaired) electrons. The molecule has 1 aromatic rings. The summed E-state index contributed by atoms with van der Waals surface area (Å²) in [6.45, 7) is 3.27. The lowest BCUT2D eigenvalue weighted by Gasteiger charge is -2.31. The van der Waals surface area contributed by atoms with Gasteiger partial charge in [0.25, 0.3) is 0 Å². The number of allylic oxidation sites excluding steroid dienone is 1. The quantitative estimate of drug-likeness (QED) is 0.777. The first-order valence-corrected chi connectivity index (χ1v) is 6.43. The van der Waals surface area contributed by atoms with E-state index in [1.165, 1.54) is 27.2 Å². The molecule has 0 bridgehead atoms. The summed E-state index contributed by atoms with van der Waals surface area (Å²) in [5, 5.41) is 9.83. The summed E-state index contributed by atoms with van der Waals surface area (Å²) >= 11 is 6.05. The number of nitrogens with zero attached hydrogens (tertiary/aromatic N) is 1. The van der Waals surface area contributed by atoms with E-state index in [0.717, 1.165) is 11.4 Å². The molecule has 1 aromatic carbocycles. The summed E-state index contributed by atoms with van der Waals surface area (Å²) in [4.78, 5) is 12.6. The minimum absolute atomic E-state index is 0.198. The van der Waals surface area contributed by atoms with Gasteiger partial charge in [-0.05, 0) is 42.2 Å². The van der Waals surface area contributed by atoms with Crippen LogP contribution in [0.2, 0.25) is 5.02 Å². The second-order valence-corrected chi connectivity index (χ2v) is 5.35. The van der Waals surface area contributed by atoms with Gasteiger partial charge in [-0.2, -0.15) is 0 Å². The molecule has 0 aromatic heterocycles. The van der Waals surface area contributed by atoms with E-state index in [4.69, 9.17) is 16.7 Å². The van der Waals surface area contributed by atoms with E-state index in [2.05, 4.69) is 6.92 Å². The van der Waals surface area contributed by atoms with Crippen LogP contribution in [-0.2, 0) is 0 Å². The third-order valence-electron chi connectivity index (χ3n) is 4.02. The minimum Gasteiger partial charge on any atom is -0.465 e. The summed E-state index contributed by atoms with van der Waals surface area (Å²) < 4.78 is 0. The van der Waals surface area contributed by atoms with Crippen molar-refractivity contribution >= 4 is 23.3 Å². The zero-order valence-corrected chi connectivity index (χ0v) is 10.9. The Labute approximate surface area is 111 Å². The molecule has 1 saturated heterocycles. The molecule has 94 valence electrons. The molecule has 1 atom stereocenters. The lowest BCUT2D eigenvalue weighted by molar-refractivity contribution is 0.138. The van der Waals surface area contributed by atoms with Gasteiger partial charge in [0.1, 0.15) is 0 Å². The van der Waals surface area contributed by atoms with Gasteiger partial charge >= 0.3 is 6.09 Å². The van der Waals surface area contributed by atoms with Crippen LogP contribution in [0, 0.1) is 0 Å². The number of hydrogen-bond acceptors (Lipinski definition) is 1. The minimum atomic E-state index is -0.831. The van der Waals surface area contributed by atoms with Crippen molar-refractivity contribution in [2.75, 3.05) is 13.1 Å². The first-order valence-electron chi connectivity index (χ1n) is 6.05. The van der Waals surface area contributed by atoms with Crippen molar-refractivity contribution in [1.29, 1.82) is 0 Å². The highest BCUT2D eigenvalue weighted by Gasteiger charge is 2.35. The van der Waals surface area contributed by atoms with Gasteiger partial charge < -0.3 is 10.0 Å². The number of likely N-dealkylation sites (tertiary alicyclic amines) is 1. The average Bonchev–Trinajstić information content (AvgIpc) is 2.62. The lowest BCUT2D eigenvalue weighted by atomic mass is 9.90. The number of hydrogen-bond donors (Lipinski definition) is 1. The predicted molar refractivity (Wildman–Crippen MR) is 71.0 cm³/mol. The fourth-order valence-electron chi connectivity index (χ4n) is 3.10. The van der Waals surface area contributed by atoms with Gasteiger partial charge in [0.2, 0.25) is 0 Å². The Balaban J connectivity index is 2.03. The molecule has 1 heterocycles. The summed E-state index contributed by atoms with van der Waals surface area (Å²) in [5.41, 5.74) is 5.09. The SMILES string of the molecule is CC1=C2CCN(C(=O)O)CC2c2cc(Cl)ccc21. The van der Waals surface area contributed by atoms with Crippen LogP contribution in [0.3, 0.4) is 0 Å². The maximum Gasteiger partial charge on any atom is 0.407 e. The van der Waals surface area contributed by atoms with Gasteiger partial charge in [0, 0.05) is 24.0 Å². The summed E-state index contributed by atoms with van der Waals surface area (Å²) in [5.74, 6) is 0.198. The van der Waals surface area contributed by atoms with Crippen LogP contribution in [0.1, 0.15) is 30.4 Å². The first kappa shape index (κ1) is 11.6. The van der Waals surface area contributed by atoms with Crippen molar-refractivity contribution in [2.45, 2.75) is 19.3 Å². The highest BCUT2D eigenvalue weighted by molar-refractivity contribution is 6.30. The number of carbonyl (C=O) groups is 1. The van der Waals surface area contributed by atoms with Crippen molar-refractivity contribution in [1.82, 2.24) is 4.90 Å². The number of carboxylic acid groups (broad SMARTS) is 1. The molecule has 3 rings (SSSR count).